The molecule has 6 nitrogen and oxygen atoms in total. The molecule has 0 aliphatic heterocycles. The van der Waals surface area contributed by atoms with Crippen LogP contribution in [0.1, 0.15) is 87.1 Å². The molecule has 31 heavy (non-hydrogen) atoms. The number of nitrogens with zero attached hydrogens (tertiary/aromatic N) is 3. The molecule has 1 fully saturated rings. The Hall–Kier alpha value is -2.45. The molecule has 0 amide bonds. The molecule has 9 heteroatoms. The number of hydrogen-bond acceptors (Lipinski definition) is 6. The third kappa shape index (κ3) is 6.27. The number of aromatic nitrogens is 3. The van der Waals surface area contributed by atoms with Crippen LogP contribution in [0.3, 0.4) is 0 Å². The van der Waals surface area contributed by atoms with Crippen LogP contribution in [-0.4, -0.2) is 33.7 Å². The van der Waals surface area contributed by atoms with E-state index in [0.717, 1.165) is 12.8 Å². The summed E-state index contributed by atoms with van der Waals surface area (Å²) in [4.78, 5) is 21.7. The highest BCUT2D eigenvalue weighted by Crippen LogP contribution is 2.45. The number of halogens is 3. The van der Waals surface area contributed by atoms with Crippen molar-refractivity contribution in [2.45, 2.75) is 77.8 Å². The molecular weight excluding hydrogens is 411 g/mol. The second kappa shape index (κ2) is 8.24. The van der Waals surface area contributed by atoms with Crippen LogP contribution in [-0.2, 0) is 5.41 Å². The molecule has 2 aromatic rings. The summed E-state index contributed by atoms with van der Waals surface area (Å²) in [7, 11) is 0. The van der Waals surface area contributed by atoms with Gasteiger partial charge in [0.15, 0.2) is 18.2 Å². The number of rotatable bonds is 8. The summed E-state index contributed by atoms with van der Waals surface area (Å²) >= 11 is 0. The Bertz CT molecular complexity index is 945. The van der Waals surface area contributed by atoms with Crippen molar-refractivity contribution >= 4 is 5.78 Å². The van der Waals surface area contributed by atoms with Gasteiger partial charge in [0, 0.05) is 36.6 Å². The standard InChI is InChI=1S/C22H28F3N3O3/c1-13-27-19(28-31-13)21(5,11-20(2,3)4)9-17(29)16-8-18(30-12-22(23,24)25)15(10-26-16)14-6-7-14/h8,10,14H,6-7,9,11-12H2,1-5H3/t21-/m0/s1. The van der Waals surface area contributed by atoms with Gasteiger partial charge in [0.1, 0.15) is 11.4 Å². The summed E-state index contributed by atoms with van der Waals surface area (Å²) in [5.41, 5.74) is -0.168. The van der Waals surface area contributed by atoms with E-state index < -0.39 is 18.2 Å². The number of alkyl halides is 3. The Morgan fingerprint density at radius 2 is 1.90 bits per heavy atom. The van der Waals surface area contributed by atoms with Crippen LogP contribution in [0.2, 0.25) is 0 Å². The van der Waals surface area contributed by atoms with Crippen LogP contribution in [0.5, 0.6) is 5.75 Å². The van der Waals surface area contributed by atoms with Gasteiger partial charge < -0.3 is 9.26 Å². The normalized spacial score (nSPS) is 16.8. The van der Waals surface area contributed by atoms with Crippen LogP contribution >= 0.6 is 0 Å². The fourth-order valence-corrected chi connectivity index (χ4v) is 3.97. The molecule has 3 rings (SSSR count). The molecule has 1 saturated carbocycles. The van der Waals surface area contributed by atoms with Crippen LogP contribution in [0, 0.1) is 12.3 Å². The summed E-state index contributed by atoms with van der Waals surface area (Å²) in [5, 5.41) is 4.03. The van der Waals surface area contributed by atoms with Gasteiger partial charge in [-0.15, -0.1) is 0 Å². The molecule has 0 N–H and O–H groups in total. The molecule has 170 valence electrons. The number of ether oxygens (including phenoxy) is 1. The summed E-state index contributed by atoms with van der Waals surface area (Å²) in [6, 6.07) is 1.33. The fourth-order valence-electron chi connectivity index (χ4n) is 3.97. The lowest BCUT2D eigenvalue weighted by molar-refractivity contribution is -0.153. The Balaban J connectivity index is 1.87. The molecule has 0 radical (unpaired) electrons. The van der Waals surface area contributed by atoms with E-state index in [-0.39, 0.29) is 35.0 Å². The Morgan fingerprint density at radius 1 is 1.23 bits per heavy atom. The lowest BCUT2D eigenvalue weighted by atomic mass is 9.71. The average molecular weight is 439 g/mol. The highest BCUT2D eigenvalue weighted by Gasteiger charge is 2.39. The van der Waals surface area contributed by atoms with Crippen LogP contribution in [0.15, 0.2) is 16.8 Å². The minimum Gasteiger partial charge on any atom is -0.484 e. The second-order valence-corrected chi connectivity index (χ2v) is 9.82. The first-order chi connectivity index (χ1) is 14.3. The van der Waals surface area contributed by atoms with Crippen molar-refractivity contribution in [3.63, 3.8) is 0 Å². The first kappa shape index (κ1) is 23.2. The van der Waals surface area contributed by atoms with Gasteiger partial charge in [-0.1, -0.05) is 32.9 Å². The van der Waals surface area contributed by atoms with Gasteiger partial charge in [0.25, 0.3) is 0 Å². The summed E-state index contributed by atoms with van der Waals surface area (Å²) < 4.78 is 48.2. The van der Waals surface area contributed by atoms with E-state index in [1.807, 2.05) is 6.92 Å². The van der Waals surface area contributed by atoms with Gasteiger partial charge in [0.2, 0.25) is 5.89 Å². The van der Waals surface area contributed by atoms with E-state index in [1.165, 1.54) is 12.3 Å². The summed E-state index contributed by atoms with van der Waals surface area (Å²) in [6.45, 7) is 8.31. The fraction of sp³-hybridized carbons (Fsp3) is 0.636. The molecule has 2 heterocycles. The van der Waals surface area contributed by atoms with E-state index in [1.54, 1.807) is 6.92 Å². The number of Topliss-reactive ketones (excluding diaryl/α,β-unsaturated/α-hetero) is 1. The molecule has 1 aliphatic rings. The molecule has 2 aromatic heterocycles. The van der Waals surface area contributed by atoms with E-state index in [9.17, 15) is 18.0 Å². The predicted octanol–water partition coefficient (Wildman–Crippen LogP) is 5.56. The molecule has 0 bridgehead atoms. The number of ketones is 1. The van der Waals surface area contributed by atoms with Gasteiger partial charge in [-0.25, -0.2) is 0 Å². The van der Waals surface area contributed by atoms with Crippen molar-refractivity contribution in [3.05, 3.63) is 35.2 Å². The zero-order valence-electron chi connectivity index (χ0n) is 18.5. The van der Waals surface area contributed by atoms with Crippen LogP contribution < -0.4 is 4.74 Å². The molecular formula is C22H28F3N3O3. The highest BCUT2D eigenvalue weighted by molar-refractivity contribution is 5.95. The van der Waals surface area contributed by atoms with E-state index in [2.05, 4.69) is 35.9 Å². The van der Waals surface area contributed by atoms with Gasteiger partial charge in [0.05, 0.1) is 0 Å². The Labute approximate surface area is 179 Å². The zero-order chi connectivity index (χ0) is 23.0. The maximum absolute atomic E-state index is 13.1. The SMILES string of the molecule is Cc1nc([C@@](C)(CC(=O)c2cc(OCC(F)(F)F)c(C3CC3)cn2)CC(C)(C)C)no1. The topological polar surface area (TPSA) is 78.1 Å². The molecule has 0 aromatic carbocycles. The van der Waals surface area contributed by atoms with E-state index in [0.29, 0.717) is 23.7 Å². The zero-order valence-corrected chi connectivity index (χ0v) is 18.5. The molecule has 1 aliphatic carbocycles. The maximum Gasteiger partial charge on any atom is 0.422 e. The highest BCUT2D eigenvalue weighted by atomic mass is 19.4. The van der Waals surface area contributed by atoms with Gasteiger partial charge >= 0.3 is 6.18 Å². The van der Waals surface area contributed by atoms with Crippen molar-refractivity contribution in [1.29, 1.82) is 0 Å². The molecule has 0 spiro atoms. The van der Waals surface area contributed by atoms with Crippen LogP contribution in [0.4, 0.5) is 13.2 Å². The molecule has 1 atom stereocenters. The van der Waals surface area contributed by atoms with E-state index >= 15 is 0 Å². The second-order valence-electron chi connectivity index (χ2n) is 9.82. The molecule has 0 unspecified atom stereocenters. The Kier molecular flexibility index (Phi) is 6.17. The van der Waals surface area contributed by atoms with Crippen LogP contribution in [0.25, 0.3) is 0 Å². The van der Waals surface area contributed by atoms with Gasteiger partial charge in [-0.2, -0.15) is 18.2 Å². The summed E-state index contributed by atoms with van der Waals surface area (Å²) in [5.74, 6) is 0.724. The van der Waals surface area contributed by atoms with Gasteiger partial charge in [-0.05, 0) is 30.6 Å². The number of aryl methyl sites for hydroxylation is 1. The third-order valence-corrected chi connectivity index (χ3v) is 5.13. The first-order valence-electron chi connectivity index (χ1n) is 10.3. The minimum absolute atomic E-state index is 0.0394. The van der Waals surface area contributed by atoms with Crippen molar-refractivity contribution in [3.8, 4) is 5.75 Å². The number of carbonyl (C=O) groups is 1. The maximum atomic E-state index is 13.1. The van der Waals surface area contributed by atoms with Gasteiger partial charge in [-0.3, -0.25) is 9.78 Å². The predicted molar refractivity (Wildman–Crippen MR) is 107 cm³/mol. The van der Waals surface area contributed by atoms with Crippen molar-refractivity contribution in [1.82, 2.24) is 15.1 Å². The number of pyridine rings is 1. The lowest BCUT2D eigenvalue weighted by Gasteiger charge is -2.32. The van der Waals surface area contributed by atoms with Crippen molar-refractivity contribution < 1.29 is 27.2 Å². The number of carbonyl (C=O) groups excluding carboxylic acids is 1. The largest absolute Gasteiger partial charge is 0.484 e. The Morgan fingerprint density at radius 3 is 2.42 bits per heavy atom. The molecule has 0 saturated heterocycles. The quantitative estimate of drug-likeness (QED) is 0.501. The first-order valence-corrected chi connectivity index (χ1v) is 10.3. The van der Waals surface area contributed by atoms with E-state index in [4.69, 9.17) is 9.26 Å². The third-order valence-electron chi connectivity index (χ3n) is 5.13. The average Bonchev–Trinajstić information content (AvgIpc) is 3.37. The minimum atomic E-state index is -4.46. The monoisotopic (exact) mass is 439 g/mol. The van der Waals surface area contributed by atoms with Crippen molar-refractivity contribution in [2.24, 2.45) is 5.41 Å². The number of hydrogen-bond donors (Lipinski definition) is 0. The smallest absolute Gasteiger partial charge is 0.422 e. The van der Waals surface area contributed by atoms with Crippen molar-refractivity contribution in [2.75, 3.05) is 6.61 Å². The lowest BCUT2D eigenvalue weighted by Crippen LogP contribution is -2.32. The summed E-state index contributed by atoms with van der Waals surface area (Å²) in [6.07, 6.45) is -0.609.